The molecule has 0 aliphatic carbocycles. The van der Waals surface area contributed by atoms with E-state index in [0.717, 1.165) is 33.3 Å². The summed E-state index contributed by atoms with van der Waals surface area (Å²) < 4.78 is 0. The van der Waals surface area contributed by atoms with Gasteiger partial charge in [0, 0.05) is 24.2 Å². The van der Waals surface area contributed by atoms with Crippen LogP contribution in [0.4, 0.5) is 0 Å². The normalized spacial score (nSPS) is 10.8. The zero-order valence-electron chi connectivity index (χ0n) is 13.9. The summed E-state index contributed by atoms with van der Waals surface area (Å²) in [6.45, 7) is 1.58. The van der Waals surface area contributed by atoms with Gasteiger partial charge < -0.3 is 9.97 Å². The molecule has 4 rings (SSSR count). The Hall–Kier alpha value is -3.33. The minimum atomic E-state index is -0.00457. The van der Waals surface area contributed by atoms with Gasteiger partial charge in [-0.25, -0.2) is 0 Å². The molecule has 3 heteroatoms. The molecule has 3 nitrogen and oxygen atoms in total. The highest BCUT2D eigenvalue weighted by Gasteiger charge is 2.10. The summed E-state index contributed by atoms with van der Waals surface area (Å²) in [7, 11) is 0. The first-order valence-electron chi connectivity index (χ1n) is 8.26. The van der Waals surface area contributed by atoms with Gasteiger partial charge in [-0.3, -0.25) is 4.79 Å². The summed E-state index contributed by atoms with van der Waals surface area (Å²) >= 11 is 0. The monoisotopic (exact) mass is 326 g/mol. The number of rotatable bonds is 2. The standard InChI is InChI=1S/C22H18N2O/c1-15(25)21-22-18(8-5-13-23-22)11-9-17-10-12-19(14-20(17)24-21)16-6-3-2-4-7-16/h2-14,23-24H,1H3. The second-order valence-corrected chi connectivity index (χ2v) is 6.06. The second kappa shape index (κ2) is 6.29. The number of aromatic amines is 2. The lowest BCUT2D eigenvalue weighted by Gasteiger charge is -2.10. The number of hydrogen-bond donors (Lipinski definition) is 2. The van der Waals surface area contributed by atoms with Crippen LogP contribution >= 0.6 is 0 Å². The molecule has 0 spiro atoms. The maximum Gasteiger partial charge on any atom is 0.178 e. The van der Waals surface area contributed by atoms with Crippen LogP contribution in [0.5, 0.6) is 0 Å². The number of aromatic nitrogens is 2. The molecule has 0 bridgehead atoms. The molecule has 0 fully saturated rings. The number of carbonyl (C=O) groups is 1. The number of carbonyl (C=O) groups excluding carboxylic acids is 1. The van der Waals surface area contributed by atoms with Crippen molar-refractivity contribution in [3.05, 3.63) is 84.7 Å². The summed E-state index contributed by atoms with van der Waals surface area (Å²) in [5, 5.41) is 1.05. The average Bonchev–Trinajstić information content (AvgIpc) is 2.64. The van der Waals surface area contributed by atoms with Crippen LogP contribution in [0.1, 0.15) is 17.4 Å². The fourth-order valence-electron chi connectivity index (χ4n) is 3.07. The highest BCUT2D eigenvalue weighted by Crippen LogP contribution is 2.26. The fourth-order valence-corrected chi connectivity index (χ4v) is 3.07. The quantitative estimate of drug-likeness (QED) is 0.463. The lowest BCUT2D eigenvalue weighted by atomic mass is 10.0. The van der Waals surface area contributed by atoms with E-state index in [9.17, 15) is 4.79 Å². The number of fused-ring (bicyclic) bond motifs is 2. The van der Waals surface area contributed by atoms with Crippen molar-refractivity contribution in [3.8, 4) is 22.4 Å². The summed E-state index contributed by atoms with van der Waals surface area (Å²) in [4.78, 5) is 18.8. The summed E-state index contributed by atoms with van der Waals surface area (Å²) in [5.74, 6) is -0.00457. The summed E-state index contributed by atoms with van der Waals surface area (Å²) in [6.07, 6.45) is 1.83. The van der Waals surface area contributed by atoms with E-state index < -0.39 is 0 Å². The van der Waals surface area contributed by atoms with Gasteiger partial charge in [-0.05, 0) is 28.6 Å². The third-order valence-electron chi connectivity index (χ3n) is 4.35. The van der Waals surface area contributed by atoms with Crippen molar-refractivity contribution in [3.63, 3.8) is 0 Å². The van der Waals surface area contributed by atoms with Crippen molar-refractivity contribution in [2.24, 2.45) is 0 Å². The average molecular weight is 326 g/mol. The van der Waals surface area contributed by atoms with E-state index >= 15 is 0 Å². The van der Waals surface area contributed by atoms with Gasteiger partial charge in [0.05, 0.1) is 5.69 Å². The van der Waals surface area contributed by atoms with Crippen LogP contribution in [-0.4, -0.2) is 15.8 Å². The van der Waals surface area contributed by atoms with Gasteiger partial charge >= 0.3 is 0 Å². The Kier molecular flexibility index (Phi) is 3.82. The molecule has 0 saturated carbocycles. The third kappa shape index (κ3) is 2.92. The van der Waals surface area contributed by atoms with Crippen molar-refractivity contribution in [1.82, 2.24) is 9.97 Å². The van der Waals surface area contributed by atoms with E-state index in [1.165, 1.54) is 0 Å². The maximum absolute atomic E-state index is 12.2. The SMILES string of the molecule is CC(=O)c1[nH]c2cc(-c3ccccc3)ccc2ccc2ccc[nH]c1-2. The van der Waals surface area contributed by atoms with Gasteiger partial charge in [0.25, 0.3) is 0 Å². The molecule has 0 aromatic heterocycles. The van der Waals surface area contributed by atoms with Crippen molar-refractivity contribution >= 4 is 16.7 Å². The summed E-state index contributed by atoms with van der Waals surface area (Å²) in [6, 6.07) is 24.5. The zero-order chi connectivity index (χ0) is 17.2. The first-order chi connectivity index (χ1) is 12.2. The topological polar surface area (TPSA) is 48.6 Å². The van der Waals surface area contributed by atoms with Gasteiger partial charge in [-0.15, -0.1) is 0 Å². The van der Waals surface area contributed by atoms with Crippen molar-refractivity contribution < 1.29 is 4.79 Å². The third-order valence-corrected chi connectivity index (χ3v) is 4.35. The molecule has 0 atom stereocenters. The molecule has 2 aromatic rings. The predicted octanol–water partition coefficient (Wildman–Crippen LogP) is 5.59. The van der Waals surface area contributed by atoms with Gasteiger partial charge in [-0.1, -0.05) is 60.7 Å². The van der Waals surface area contributed by atoms with Crippen LogP contribution in [-0.2, 0) is 0 Å². The van der Waals surface area contributed by atoms with E-state index in [1.807, 2.05) is 42.6 Å². The number of hydrogen-bond acceptors (Lipinski definition) is 1. The lowest BCUT2D eigenvalue weighted by Crippen LogP contribution is -2.01. The Morgan fingerprint density at radius 3 is 2.28 bits per heavy atom. The van der Waals surface area contributed by atoms with Crippen molar-refractivity contribution in [2.75, 3.05) is 0 Å². The zero-order valence-corrected chi connectivity index (χ0v) is 13.9. The predicted molar refractivity (Wildman–Crippen MR) is 102 cm³/mol. The molecule has 0 radical (unpaired) electrons. The molecule has 2 aromatic carbocycles. The molecule has 0 amide bonds. The molecular weight excluding hydrogens is 308 g/mol. The number of ketones is 1. The summed E-state index contributed by atoms with van der Waals surface area (Å²) in [5.41, 5.74) is 5.55. The maximum atomic E-state index is 12.2. The lowest BCUT2D eigenvalue weighted by molar-refractivity contribution is 0.101. The Balaban J connectivity index is 2.05. The molecule has 2 aliphatic rings. The molecule has 2 heterocycles. The Morgan fingerprint density at radius 2 is 1.52 bits per heavy atom. The van der Waals surface area contributed by atoms with Gasteiger partial charge in [0.1, 0.15) is 5.69 Å². The number of benzene rings is 2. The molecule has 2 aliphatic heterocycles. The number of H-pyrrole nitrogens is 2. The molecule has 2 N–H and O–H groups in total. The van der Waals surface area contributed by atoms with Crippen LogP contribution in [0.3, 0.4) is 0 Å². The van der Waals surface area contributed by atoms with Gasteiger partial charge in [-0.2, -0.15) is 0 Å². The van der Waals surface area contributed by atoms with Crippen LogP contribution in [0.15, 0.2) is 79.0 Å². The molecule has 0 saturated heterocycles. The van der Waals surface area contributed by atoms with E-state index in [-0.39, 0.29) is 5.78 Å². The minimum absolute atomic E-state index is 0.00457. The Morgan fingerprint density at radius 1 is 0.800 bits per heavy atom. The van der Waals surface area contributed by atoms with Gasteiger partial charge in [0.15, 0.2) is 5.78 Å². The Labute approximate surface area is 146 Å². The number of pyridine rings is 1. The Bertz CT molecular complexity index is 1070. The van der Waals surface area contributed by atoms with Crippen molar-refractivity contribution in [2.45, 2.75) is 6.92 Å². The van der Waals surface area contributed by atoms with Gasteiger partial charge in [0.2, 0.25) is 0 Å². The molecule has 0 unspecified atom stereocenters. The van der Waals surface area contributed by atoms with Crippen LogP contribution < -0.4 is 0 Å². The molecule has 25 heavy (non-hydrogen) atoms. The van der Waals surface area contributed by atoms with E-state index in [2.05, 4.69) is 46.4 Å². The van der Waals surface area contributed by atoms with E-state index in [1.54, 1.807) is 6.92 Å². The minimum Gasteiger partial charge on any atom is -0.359 e. The largest absolute Gasteiger partial charge is 0.359 e. The van der Waals surface area contributed by atoms with Crippen molar-refractivity contribution in [1.29, 1.82) is 0 Å². The number of Topliss-reactive ketones (excluding diaryl/α,β-unsaturated/α-hetero) is 1. The van der Waals surface area contributed by atoms with E-state index in [0.29, 0.717) is 5.69 Å². The van der Waals surface area contributed by atoms with Crippen LogP contribution in [0, 0.1) is 0 Å². The smallest absolute Gasteiger partial charge is 0.178 e. The first-order valence-corrected chi connectivity index (χ1v) is 8.26. The molecular formula is C22H18N2O. The highest BCUT2D eigenvalue weighted by atomic mass is 16.1. The van der Waals surface area contributed by atoms with Crippen LogP contribution in [0.25, 0.3) is 33.3 Å². The fraction of sp³-hybridized carbons (Fsp3) is 0.0455. The van der Waals surface area contributed by atoms with Crippen LogP contribution in [0.2, 0.25) is 0 Å². The first kappa shape index (κ1) is 15.2. The second-order valence-electron chi connectivity index (χ2n) is 6.06. The van der Waals surface area contributed by atoms with E-state index in [4.69, 9.17) is 0 Å². The molecule has 122 valence electrons. The highest BCUT2D eigenvalue weighted by molar-refractivity contribution is 5.99. The number of nitrogens with one attached hydrogen (secondary N) is 2.